The van der Waals surface area contributed by atoms with Gasteiger partial charge in [0.2, 0.25) is 0 Å². The lowest BCUT2D eigenvalue weighted by Gasteiger charge is -2.25. The monoisotopic (exact) mass is 176 g/mol. The van der Waals surface area contributed by atoms with Crippen LogP contribution in [0.4, 0.5) is 0 Å². The minimum atomic E-state index is -0.229. The maximum absolute atomic E-state index is 5.33. The quantitative estimate of drug-likeness (QED) is 0.592. The highest BCUT2D eigenvalue weighted by Crippen LogP contribution is 2.12. The summed E-state index contributed by atoms with van der Waals surface area (Å²) in [6.45, 7) is 1.54. The Hall–Kier alpha value is -0.160. The SMILES string of the molecule is COC(CC1OCCCO1)OC. The molecule has 1 aliphatic heterocycles. The minimum Gasteiger partial charge on any atom is -0.356 e. The molecular weight excluding hydrogens is 160 g/mol. The fourth-order valence-electron chi connectivity index (χ4n) is 1.12. The summed E-state index contributed by atoms with van der Waals surface area (Å²) < 4.78 is 20.7. The highest BCUT2D eigenvalue weighted by Gasteiger charge is 2.19. The van der Waals surface area contributed by atoms with Gasteiger partial charge in [-0.3, -0.25) is 0 Å². The van der Waals surface area contributed by atoms with Crippen molar-refractivity contribution in [3.8, 4) is 0 Å². The van der Waals surface area contributed by atoms with Gasteiger partial charge in [-0.2, -0.15) is 0 Å². The van der Waals surface area contributed by atoms with E-state index in [-0.39, 0.29) is 12.6 Å². The van der Waals surface area contributed by atoms with Crippen molar-refractivity contribution in [2.24, 2.45) is 0 Å². The van der Waals surface area contributed by atoms with Crippen molar-refractivity contribution in [2.75, 3.05) is 27.4 Å². The molecule has 1 aliphatic rings. The van der Waals surface area contributed by atoms with Gasteiger partial charge >= 0.3 is 0 Å². The molecule has 0 aromatic rings. The number of hydrogen-bond acceptors (Lipinski definition) is 4. The summed E-state index contributed by atoms with van der Waals surface area (Å²) in [6, 6.07) is 0. The normalized spacial score (nSPS) is 20.2. The lowest BCUT2D eigenvalue weighted by molar-refractivity contribution is -0.220. The van der Waals surface area contributed by atoms with Crippen LogP contribution in [0.2, 0.25) is 0 Å². The van der Waals surface area contributed by atoms with Crippen LogP contribution >= 0.6 is 0 Å². The van der Waals surface area contributed by atoms with E-state index >= 15 is 0 Å². The average Bonchev–Trinajstić information content (AvgIpc) is 2.16. The second-order valence-corrected chi connectivity index (χ2v) is 2.66. The Bertz CT molecular complexity index is 108. The Morgan fingerprint density at radius 3 is 2.33 bits per heavy atom. The van der Waals surface area contributed by atoms with Gasteiger partial charge in [-0.1, -0.05) is 0 Å². The number of ether oxygens (including phenoxy) is 4. The summed E-state index contributed by atoms with van der Waals surface area (Å²) in [5.74, 6) is 0. The van der Waals surface area contributed by atoms with Crippen LogP contribution in [-0.2, 0) is 18.9 Å². The van der Waals surface area contributed by atoms with Gasteiger partial charge in [0.25, 0.3) is 0 Å². The molecule has 4 nitrogen and oxygen atoms in total. The van der Waals surface area contributed by atoms with Crippen LogP contribution in [0.3, 0.4) is 0 Å². The van der Waals surface area contributed by atoms with Crippen LogP contribution in [0.25, 0.3) is 0 Å². The molecule has 72 valence electrons. The molecule has 0 atom stereocenters. The molecule has 4 heteroatoms. The van der Waals surface area contributed by atoms with Crippen LogP contribution in [0, 0.1) is 0 Å². The van der Waals surface area contributed by atoms with Gasteiger partial charge in [0.15, 0.2) is 12.6 Å². The molecule has 1 rings (SSSR count). The van der Waals surface area contributed by atoms with Crippen molar-refractivity contribution < 1.29 is 18.9 Å². The largest absolute Gasteiger partial charge is 0.356 e. The fraction of sp³-hybridized carbons (Fsp3) is 1.00. The first-order valence-corrected chi connectivity index (χ1v) is 4.15. The maximum Gasteiger partial charge on any atom is 0.162 e. The summed E-state index contributed by atoms with van der Waals surface area (Å²) >= 11 is 0. The Labute approximate surface area is 72.7 Å². The van der Waals surface area contributed by atoms with Crippen LogP contribution in [0.15, 0.2) is 0 Å². The first-order valence-electron chi connectivity index (χ1n) is 4.15. The Balaban J connectivity index is 2.18. The lowest BCUT2D eigenvalue weighted by atomic mass is 10.3. The van der Waals surface area contributed by atoms with Crippen LogP contribution in [0.5, 0.6) is 0 Å². The molecule has 0 saturated carbocycles. The topological polar surface area (TPSA) is 36.9 Å². The second kappa shape index (κ2) is 5.48. The molecule has 0 unspecified atom stereocenters. The van der Waals surface area contributed by atoms with E-state index in [4.69, 9.17) is 18.9 Å². The van der Waals surface area contributed by atoms with Crippen molar-refractivity contribution in [1.82, 2.24) is 0 Å². The van der Waals surface area contributed by atoms with E-state index in [2.05, 4.69) is 0 Å². The summed E-state index contributed by atoms with van der Waals surface area (Å²) in [5.41, 5.74) is 0. The molecule has 1 fully saturated rings. The van der Waals surface area contributed by atoms with E-state index in [0.717, 1.165) is 19.6 Å². The van der Waals surface area contributed by atoms with E-state index in [9.17, 15) is 0 Å². The van der Waals surface area contributed by atoms with Gasteiger partial charge in [-0.15, -0.1) is 0 Å². The van der Waals surface area contributed by atoms with Gasteiger partial charge in [0.05, 0.1) is 13.2 Å². The van der Waals surface area contributed by atoms with Crippen molar-refractivity contribution >= 4 is 0 Å². The minimum absolute atomic E-state index is 0.163. The summed E-state index contributed by atoms with van der Waals surface area (Å²) in [5, 5.41) is 0. The molecule has 0 aromatic carbocycles. The van der Waals surface area contributed by atoms with E-state index in [1.807, 2.05) is 0 Å². The Kier molecular flexibility index (Phi) is 4.53. The zero-order valence-corrected chi connectivity index (χ0v) is 7.62. The van der Waals surface area contributed by atoms with Crippen molar-refractivity contribution in [3.63, 3.8) is 0 Å². The van der Waals surface area contributed by atoms with E-state index in [1.165, 1.54) is 0 Å². The van der Waals surface area contributed by atoms with E-state index < -0.39 is 0 Å². The molecule has 0 radical (unpaired) electrons. The van der Waals surface area contributed by atoms with Gasteiger partial charge < -0.3 is 18.9 Å². The summed E-state index contributed by atoms with van der Waals surface area (Å²) in [4.78, 5) is 0. The molecule has 1 heterocycles. The van der Waals surface area contributed by atoms with Crippen LogP contribution in [0.1, 0.15) is 12.8 Å². The predicted molar refractivity (Wildman–Crippen MR) is 42.7 cm³/mol. The van der Waals surface area contributed by atoms with Crippen LogP contribution in [-0.4, -0.2) is 40.0 Å². The summed E-state index contributed by atoms with van der Waals surface area (Å²) in [7, 11) is 3.22. The van der Waals surface area contributed by atoms with Crippen molar-refractivity contribution in [3.05, 3.63) is 0 Å². The predicted octanol–water partition coefficient (Wildman–Crippen LogP) is 0.758. The molecule has 12 heavy (non-hydrogen) atoms. The van der Waals surface area contributed by atoms with E-state index in [1.54, 1.807) is 14.2 Å². The molecular formula is C8H16O4. The lowest BCUT2D eigenvalue weighted by Crippen LogP contribution is -2.30. The molecule has 0 N–H and O–H groups in total. The zero-order valence-electron chi connectivity index (χ0n) is 7.62. The van der Waals surface area contributed by atoms with Gasteiger partial charge in [-0.25, -0.2) is 0 Å². The smallest absolute Gasteiger partial charge is 0.162 e. The highest BCUT2D eigenvalue weighted by atomic mass is 16.7. The van der Waals surface area contributed by atoms with Gasteiger partial charge in [0.1, 0.15) is 0 Å². The molecule has 1 saturated heterocycles. The molecule has 0 aromatic heterocycles. The molecule has 0 bridgehead atoms. The number of methoxy groups -OCH3 is 2. The van der Waals surface area contributed by atoms with Crippen molar-refractivity contribution in [2.45, 2.75) is 25.4 Å². The number of hydrogen-bond donors (Lipinski definition) is 0. The zero-order chi connectivity index (χ0) is 8.81. The number of rotatable bonds is 4. The van der Waals surface area contributed by atoms with Crippen LogP contribution < -0.4 is 0 Å². The van der Waals surface area contributed by atoms with Crippen molar-refractivity contribution in [1.29, 1.82) is 0 Å². The second-order valence-electron chi connectivity index (χ2n) is 2.66. The standard InChI is InChI=1S/C8H16O4/c1-9-7(10-2)6-8-11-4-3-5-12-8/h7-8H,3-6H2,1-2H3. The van der Waals surface area contributed by atoms with E-state index in [0.29, 0.717) is 6.42 Å². The highest BCUT2D eigenvalue weighted by molar-refractivity contribution is 4.54. The molecule has 0 spiro atoms. The third kappa shape index (κ3) is 3.06. The van der Waals surface area contributed by atoms with Gasteiger partial charge in [-0.05, 0) is 6.42 Å². The Morgan fingerprint density at radius 1 is 1.25 bits per heavy atom. The average molecular weight is 176 g/mol. The molecule has 0 amide bonds. The first kappa shape index (κ1) is 9.92. The third-order valence-corrected chi connectivity index (χ3v) is 1.81. The fourth-order valence-corrected chi connectivity index (χ4v) is 1.12. The first-order chi connectivity index (χ1) is 5.86. The Morgan fingerprint density at radius 2 is 1.83 bits per heavy atom. The van der Waals surface area contributed by atoms with Gasteiger partial charge in [0, 0.05) is 20.6 Å². The maximum atomic E-state index is 5.33. The molecule has 0 aliphatic carbocycles. The summed E-state index contributed by atoms with van der Waals surface area (Å²) in [6.07, 6.45) is 1.21. The third-order valence-electron chi connectivity index (χ3n) is 1.81.